The van der Waals surface area contributed by atoms with Crippen LogP contribution >= 0.6 is 24.0 Å². The number of likely N-dealkylation sites (tertiary alicyclic amines) is 1. The fraction of sp³-hybridized carbons (Fsp3) is 0.941. The van der Waals surface area contributed by atoms with Gasteiger partial charge in [-0.25, -0.2) is 8.42 Å². The molecule has 0 bridgehead atoms. The first-order valence-electron chi connectivity index (χ1n) is 9.05. The summed E-state index contributed by atoms with van der Waals surface area (Å²) in [6.45, 7) is 12.3. The summed E-state index contributed by atoms with van der Waals surface area (Å²) < 4.78 is 23.4. The number of hydrogen-bond acceptors (Lipinski definition) is 4. The Balaban J connectivity index is 0.00000576. The fourth-order valence-electron chi connectivity index (χ4n) is 2.63. The molecular formula is C17H37IN4O2S. The number of nitrogens with one attached hydrogen (secondary N) is 2. The summed E-state index contributed by atoms with van der Waals surface area (Å²) in [5, 5.41) is 6.35. The molecule has 0 aliphatic carbocycles. The Hall–Kier alpha value is -0.0900. The molecule has 0 amide bonds. The Morgan fingerprint density at radius 1 is 1.16 bits per heavy atom. The lowest BCUT2D eigenvalue weighted by Crippen LogP contribution is -2.42. The van der Waals surface area contributed by atoms with E-state index in [1.54, 1.807) is 27.8 Å². The maximum atomic E-state index is 12.1. The van der Waals surface area contributed by atoms with Crippen molar-refractivity contribution < 1.29 is 8.42 Å². The van der Waals surface area contributed by atoms with Crippen LogP contribution in [-0.2, 0) is 9.84 Å². The molecule has 0 unspecified atom stereocenters. The molecule has 1 heterocycles. The van der Waals surface area contributed by atoms with Gasteiger partial charge in [0.15, 0.2) is 15.8 Å². The third kappa shape index (κ3) is 9.42. The lowest BCUT2D eigenvalue weighted by Gasteiger charge is -2.30. The molecule has 0 aromatic heterocycles. The second-order valence-corrected chi connectivity index (χ2v) is 10.6. The Kier molecular flexibility index (Phi) is 11.5. The van der Waals surface area contributed by atoms with Crippen LogP contribution in [0.5, 0.6) is 0 Å². The Bertz CT molecular complexity index is 495. The number of aliphatic imine (C=N–C) groups is 1. The highest BCUT2D eigenvalue weighted by Crippen LogP contribution is 2.16. The molecule has 25 heavy (non-hydrogen) atoms. The highest BCUT2D eigenvalue weighted by Gasteiger charge is 2.28. The largest absolute Gasteiger partial charge is 0.356 e. The standard InChI is InChI=1S/C17H36N4O2S.HI/c1-15-7-12-21(13-8-15)11-6-9-19-16(18-5)20-10-14-24(22,23)17(2,3)4;/h15H,6-14H2,1-5H3,(H2,18,19,20);1H. The average molecular weight is 488 g/mol. The minimum Gasteiger partial charge on any atom is -0.356 e. The highest BCUT2D eigenvalue weighted by molar-refractivity contribution is 14.0. The van der Waals surface area contributed by atoms with E-state index in [2.05, 4.69) is 27.4 Å². The molecule has 2 N–H and O–H groups in total. The van der Waals surface area contributed by atoms with Crippen molar-refractivity contribution in [1.82, 2.24) is 15.5 Å². The van der Waals surface area contributed by atoms with Crippen molar-refractivity contribution in [2.24, 2.45) is 10.9 Å². The Morgan fingerprint density at radius 2 is 1.72 bits per heavy atom. The van der Waals surface area contributed by atoms with Gasteiger partial charge in [-0.15, -0.1) is 24.0 Å². The molecule has 6 nitrogen and oxygen atoms in total. The Morgan fingerprint density at radius 3 is 2.24 bits per heavy atom. The number of rotatable bonds is 7. The zero-order chi connectivity index (χ0) is 18.2. The molecule has 0 saturated carbocycles. The number of hydrogen-bond donors (Lipinski definition) is 2. The summed E-state index contributed by atoms with van der Waals surface area (Å²) in [7, 11) is -1.39. The molecule has 1 fully saturated rings. The molecule has 1 saturated heterocycles. The van der Waals surface area contributed by atoms with E-state index in [0.29, 0.717) is 12.5 Å². The fourth-order valence-corrected chi connectivity index (χ4v) is 3.61. The summed E-state index contributed by atoms with van der Waals surface area (Å²) in [5.74, 6) is 1.65. The SMILES string of the molecule is CN=C(NCCCN1CCC(C)CC1)NCCS(=O)(=O)C(C)(C)C.I. The molecule has 0 aromatic carbocycles. The molecule has 1 rings (SSSR count). The quantitative estimate of drug-likeness (QED) is 0.249. The van der Waals surface area contributed by atoms with Crippen molar-refractivity contribution in [3.8, 4) is 0 Å². The van der Waals surface area contributed by atoms with E-state index in [1.807, 2.05) is 0 Å². The lowest BCUT2D eigenvalue weighted by atomic mass is 9.99. The number of sulfone groups is 1. The first kappa shape index (κ1) is 24.9. The number of nitrogens with zero attached hydrogens (tertiary/aromatic N) is 2. The smallest absolute Gasteiger partial charge is 0.191 e. The zero-order valence-corrected chi connectivity index (χ0v) is 19.6. The van der Waals surface area contributed by atoms with Crippen molar-refractivity contribution in [2.75, 3.05) is 45.5 Å². The summed E-state index contributed by atoms with van der Waals surface area (Å²) in [4.78, 5) is 6.67. The topological polar surface area (TPSA) is 73.8 Å². The van der Waals surface area contributed by atoms with Gasteiger partial charge in [0.1, 0.15) is 0 Å². The van der Waals surface area contributed by atoms with E-state index < -0.39 is 14.6 Å². The van der Waals surface area contributed by atoms with E-state index in [0.717, 1.165) is 25.4 Å². The zero-order valence-electron chi connectivity index (χ0n) is 16.5. The summed E-state index contributed by atoms with van der Waals surface area (Å²) in [5.41, 5.74) is 0. The monoisotopic (exact) mass is 488 g/mol. The maximum Gasteiger partial charge on any atom is 0.191 e. The van der Waals surface area contributed by atoms with Gasteiger partial charge < -0.3 is 15.5 Å². The highest BCUT2D eigenvalue weighted by atomic mass is 127. The molecule has 150 valence electrons. The predicted octanol–water partition coefficient (Wildman–Crippen LogP) is 2.10. The van der Waals surface area contributed by atoms with Crippen LogP contribution in [-0.4, -0.2) is 69.5 Å². The summed E-state index contributed by atoms with van der Waals surface area (Å²) in [6, 6.07) is 0. The van der Waals surface area contributed by atoms with Crippen molar-refractivity contribution in [1.29, 1.82) is 0 Å². The van der Waals surface area contributed by atoms with Gasteiger partial charge in [0.2, 0.25) is 0 Å². The lowest BCUT2D eigenvalue weighted by molar-refractivity contribution is 0.191. The predicted molar refractivity (Wildman–Crippen MR) is 118 cm³/mol. The summed E-state index contributed by atoms with van der Waals surface area (Å²) in [6.07, 6.45) is 3.67. The number of halogens is 1. The molecule has 1 aliphatic heterocycles. The minimum atomic E-state index is -3.10. The van der Waals surface area contributed by atoms with Gasteiger partial charge in [-0.1, -0.05) is 6.92 Å². The average Bonchev–Trinajstić information content (AvgIpc) is 2.50. The van der Waals surface area contributed by atoms with Gasteiger partial charge in [0.05, 0.1) is 10.5 Å². The van der Waals surface area contributed by atoms with Gasteiger partial charge in [-0.05, 0) is 65.6 Å². The van der Waals surface area contributed by atoms with Crippen molar-refractivity contribution in [2.45, 2.75) is 51.7 Å². The van der Waals surface area contributed by atoms with E-state index in [4.69, 9.17) is 0 Å². The van der Waals surface area contributed by atoms with E-state index in [-0.39, 0.29) is 29.7 Å². The molecular weight excluding hydrogens is 451 g/mol. The van der Waals surface area contributed by atoms with Crippen LogP contribution in [0.25, 0.3) is 0 Å². The second-order valence-electron chi connectivity index (χ2n) is 7.73. The van der Waals surface area contributed by atoms with Crippen molar-refractivity contribution >= 4 is 39.8 Å². The maximum absolute atomic E-state index is 12.1. The van der Waals surface area contributed by atoms with Gasteiger partial charge in [0, 0.05) is 20.1 Å². The van der Waals surface area contributed by atoms with Gasteiger partial charge in [-0.3, -0.25) is 4.99 Å². The van der Waals surface area contributed by atoms with Crippen molar-refractivity contribution in [3.63, 3.8) is 0 Å². The minimum absolute atomic E-state index is 0. The van der Waals surface area contributed by atoms with Crippen LogP contribution in [0.15, 0.2) is 4.99 Å². The van der Waals surface area contributed by atoms with Crippen LogP contribution in [0.2, 0.25) is 0 Å². The molecule has 0 aromatic rings. The summed E-state index contributed by atoms with van der Waals surface area (Å²) >= 11 is 0. The van der Waals surface area contributed by atoms with Crippen LogP contribution in [0.4, 0.5) is 0 Å². The van der Waals surface area contributed by atoms with Crippen LogP contribution in [0, 0.1) is 5.92 Å². The van der Waals surface area contributed by atoms with E-state index >= 15 is 0 Å². The molecule has 0 spiro atoms. The van der Waals surface area contributed by atoms with Crippen molar-refractivity contribution in [3.05, 3.63) is 0 Å². The van der Waals surface area contributed by atoms with E-state index in [1.165, 1.54) is 25.9 Å². The Labute approximate surface area is 171 Å². The molecule has 1 aliphatic rings. The third-order valence-corrected chi connectivity index (χ3v) is 7.25. The van der Waals surface area contributed by atoms with E-state index in [9.17, 15) is 8.42 Å². The van der Waals surface area contributed by atoms with Crippen LogP contribution < -0.4 is 10.6 Å². The normalized spacial score (nSPS) is 17.9. The molecule has 0 radical (unpaired) electrons. The first-order valence-corrected chi connectivity index (χ1v) is 10.7. The molecule has 0 atom stereocenters. The number of piperidine rings is 1. The first-order chi connectivity index (χ1) is 11.2. The second kappa shape index (κ2) is 11.6. The van der Waals surface area contributed by atoms with Gasteiger partial charge in [-0.2, -0.15) is 0 Å². The number of guanidine groups is 1. The van der Waals surface area contributed by atoms with Crippen LogP contribution in [0.3, 0.4) is 0 Å². The third-order valence-electron chi connectivity index (χ3n) is 4.64. The van der Waals surface area contributed by atoms with Crippen LogP contribution in [0.1, 0.15) is 47.0 Å². The molecule has 8 heteroatoms. The van der Waals surface area contributed by atoms with Gasteiger partial charge >= 0.3 is 0 Å². The van der Waals surface area contributed by atoms with Gasteiger partial charge in [0.25, 0.3) is 0 Å².